The van der Waals surface area contributed by atoms with Crippen molar-refractivity contribution >= 4 is 17.6 Å². The number of rotatable bonds is 4. The normalized spacial score (nSPS) is 10.4. The predicted octanol–water partition coefficient (Wildman–Crippen LogP) is 2.46. The Morgan fingerprint density at radius 3 is 2.40 bits per heavy atom. The highest BCUT2D eigenvalue weighted by Gasteiger charge is 2.18. The molecule has 20 heavy (non-hydrogen) atoms. The number of aryl methyl sites for hydroxylation is 1. The van der Waals surface area contributed by atoms with Gasteiger partial charge in [0.15, 0.2) is 5.69 Å². The summed E-state index contributed by atoms with van der Waals surface area (Å²) in [5.74, 6) is -0.0930. The number of carbonyl (C=O) groups is 1. The molecule has 1 aromatic carbocycles. The first-order chi connectivity index (χ1) is 9.47. The first kappa shape index (κ1) is 14.2. The predicted molar refractivity (Wildman–Crippen MR) is 73.7 cm³/mol. The first-order valence-corrected chi connectivity index (χ1v) is 6.05. The summed E-state index contributed by atoms with van der Waals surface area (Å²) < 4.78 is 11.9. The second kappa shape index (κ2) is 5.42. The lowest BCUT2D eigenvalue weighted by Crippen LogP contribution is -1.99. The topological polar surface area (TPSA) is 73.6 Å². The van der Waals surface area contributed by atoms with E-state index >= 15 is 0 Å². The molecule has 0 aliphatic rings. The first-order valence-electron chi connectivity index (χ1n) is 5.67. The summed E-state index contributed by atoms with van der Waals surface area (Å²) in [7, 11) is 4.67. The van der Waals surface area contributed by atoms with Crippen LogP contribution in [0.3, 0.4) is 0 Å². The molecule has 0 aliphatic carbocycles. The Bertz CT molecular complexity index is 667. The van der Waals surface area contributed by atoms with E-state index in [1.54, 1.807) is 19.2 Å². The van der Waals surface area contributed by atoms with Gasteiger partial charge in [-0.2, -0.15) is 5.10 Å². The van der Waals surface area contributed by atoms with E-state index in [9.17, 15) is 4.79 Å². The second-order valence-electron chi connectivity index (χ2n) is 4.03. The number of halogens is 1. The molecule has 1 heterocycles. The van der Waals surface area contributed by atoms with Crippen LogP contribution in [-0.2, 0) is 7.05 Å². The van der Waals surface area contributed by atoms with Gasteiger partial charge in [0.1, 0.15) is 11.5 Å². The van der Waals surface area contributed by atoms with Gasteiger partial charge in [0.05, 0.1) is 24.9 Å². The van der Waals surface area contributed by atoms with E-state index in [4.69, 9.17) is 26.2 Å². The highest BCUT2D eigenvalue weighted by atomic mass is 35.5. The van der Waals surface area contributed by atoms with Crippen molar-refractivity contribution in [2.45, 2.75) is 0 Å². The lowest BCUT2D eigenvalue weighted by atomic mass is 10.1. The SMILES string of the molecule is COc1cc(OC)c(-c2cc(C(=O)O)nn2C)cc1Cl. The van der Waals surface area contributed by atoms with Gasteiger partial charge in [0, 0.05) is 18.7 Å². The molecule has 7 heteroatoms. The molecule has 0 amide bonds. The van der Waals surface area contributed by atoms with Crippen molar-refractivity contribution in [2.24, 2.45) is 7.05 Å². The molecule has 0 aliphatic heterocycles. The minimum atomic E-state index is -1.09. The standard InChI is InChI=1S/C13H13ClN2O4/c1-16-10(5-9(15-16)13(17)18)7-4-8(14)12(20-3)6-11(7)19-2/h4-6H,1-3H3,(H,17,18). The molecule has 1 aromatic heterocycles. The molecule has 0 spiro atoms. The van der Waals surface area contributed by atoms with Crippen LogP contribution < -0.4 is 9.47 Å². The van der Waals surface area contributed by atoms with Crippen LogP contribution in [0.1, 0.15) is 10.5 Å². The van der Waals surface area contributed by atoms with E-state index in [1.165, 1.54) is 25.0 Å². The number of carboxylic acids is 1. The molecule has 2 aromatic rings. The lowest BCUT2D eigenvalue weighted by Gasteiger charge is -2.12. The van der Waals surface area contributed by atoms with Crippen LogP contribution in [0.25, 0.3) is 11.3 Å². The second-order valence-corrected chi connectivity index (χ2v) is 4.44. The number of carboxylic acid groups (broad SMARTS) is 1. The minimum absolute atomic E-state index is 0.0449. The Morgan fingerprint density at radius 1 is 1.25 bits per heavy atom. The Kier molecular flexibility index (Phi) is 3.85. The minimum Gasteiger partial charge on any atom is -0.496 e. The van der Waals surface area contributed by atoms with Crippen LogP contribution in [-0.4, -0.2) is 35.1 Å². The Morgan fingerprint density at radius 2 is 1.90 bits per heavy atom. The Hall–Kier alpha value is -2.21. The van der Waals surface area contributed by atoms with Crippen molar-refractivity contribution in [2.75, 3.05) is 14.2 Å². The highest BCUT2D eigenvalue weighted by Crippen LogP contribution is 2.38. The number of aromatic carboxylic acids is 1. The summed E-state index contributed by atoms with van der Waals surface area (Å²) in [6.07, 6.45) is 0. The van der Waals surface area contributed by atoms with Gasteiger partial charge in [-0.1, -0.05) is 11.6 Å². The van der Waals surface area contributed by atoms with Crippen molar-refractivity contribution < 1.29 is 19.4 Å². The zero-order chi connectivity index (χ0) is 14.9. The third-order valence-electron chi connectivity index (χ3n) is 2.85. The molecule has 0 unspecified atom stereocenters. The van der Waals surface area contributed by atoms with Crippen LogP contribution >= 0.6 is 11.6 Å². The molecule has 1 N–H and O–H groups in total. The lowest BCUT2D eigenvalue weighted by molar-refractivity contribution is 0.0689. The molecule has 6 nitrogen and oxygen atoms in total. The van der Waals surface area contributed by atoms with Crippen molar-refractivity contribution in [1.82, 2.24) is 9.78 Å². The van der Waals surface area contributed by atoms with E-state index < -0.39 is 5.97 Å². The number of nitrogens with zero attached hydrogens (tertiary/aromatic N) is 2. The van der Waals surface area contributed by atoms with Crippen LogP contribution in [0.15, 0.2) is 18.2 Å². The number of ether oxygens (including phenoxy) is 2. The maximum atomic E-state index is 11.0. The number of hydrogen-bond acceptors (Lipinski definition) is 4. The van der Waals surface area contributed by atoms with Gasteiger partial charge in [0.2, 0.25) is 0 Å². The van der Waals surface area contributed by atoms with E-state index in [0.717, 1.165) is 0 Å². The fourth-order valence-electron chi connectivity index (χ4n) is 1.88. The van der Waals surface area contributed by atoms with E-state index in [1.807, 2.05) is 0 Å². The summed E-state index contributed by atoms with van der Waals surface area (Å²) in [4.78, 5) is 11.0. The highest BCUT2D eigenvalue weighted by molar-refractivity contribution is 6.32. The largest absolute Gasteiger partial charge is 0.496 e. The van der Waals surface area contributed by atoms with E-state index in [2.05, 4.69) is 5.10 Å². The molecule has 0 fully saturated rings. The maximum absolute atomic E-state index is 11.0. The molecule has 0 saturated heterocycles. The number of methoxy groups -OCH3 is 2. The molecular formula is C13H13ClN2O4. The maximum Gasteiger partial charge on any atom is 0.356 e. The fraction of sp³-hybridized carbons (Fsp3) is 0.231. The molecule has 106 valence electrons. The average Bonchev–Trinajstić information content (AvgIpc) is 2.80. The average molecular weight is 297 g/mol. The zero-order valence-corrected chi connectivity index (χ0v) is 11.9. The van der Waals surface area contributed by atoms with Crippen molar-refractivity contribution in [3.05, 3.63) is 28.9 Å². The van der Waals surface area contributed by atoms with Gasteiger partial charge in [-0.05, 0) is 12.1 Å². The van der Waals surface area contributed by atoms with Gasteiger partial charge < -0.3 is 14.6 Å². The third-order valence-corrected chi connectivity index (χ3v) is 3.14. The molecule has 2 rings (SSSR count). The number of benzene rings is 1. The van der Waals surface area contributed by atoms with Gasteiger partial charge in [0.25, 0.3) is 0 Å². The molecule has 0 saturated carbocycles. The Balaban J connectivity index is 2.62. The van der Waals surface area contributed by atoms with Crippen LogP contribution in [0.4, 0.5) is 0 Å². The van der Waals surface area contributed by atoms with Gasteiger partial charge in [-0.15, -0.1) is 0 Å². The monoisotopic (exact) mass is 296 g/mol. The quantitative estimate of drug-likeness (QED) is 0.938. The van der Waals surface area contributed by atoms with Crippen LogP contribution in [0.5, 0.6) is 11.5 Å². The molecular weight excluding hydrogens is 284 g/mol. The van der Waals surface area contributed by atoms with E-state index in [-0.39, 0.29) is 5.69 Å². The van der Waals surface area contributed by atoms with Gasteiger partial charge in [-0.25, -0.2) is 4.79 Å². The third kappa shape index (κ3) is 2.42. The number of aromatic nitrogens is 2. The van der Waals surface area contributed by atoms with Gasteiger partial charge in [-0.3, -0.25) is 4.68 Å². The summed E-state index contributed by atoms with van der Waals surface area (Å²) in [6, 6.07) is 4.76. The van der Waals surface area contributed by atoms with Crippen LogP contribution in [0.2, 0.25) is 5.02 Å². The molecule has 0 atom stereocenters. The smallest absolute Gasteiger partial charge is 0.356 e. The fourth-order valence-corrected chi connectivity index (χ4v) is 2.12. The van der Waals surface area contributed by atoms with Crippen molar-refractivity contribution in [1.29, 1.82) is 0 Å². The summed E-state index contributed by atoms with van der Waals surface area (Å²) >= 11 is 6.10. The Labute approximate surface area is 120 Å². The summed E-state index contributed by atoms with van der Waals surface area (Å²) in [5.41, 5.74) is 1.18. The molecule has 0 radical (unpaired) electrons. The van der Waals surface area contributed by atoms with E-state index in [0.29, 0.717) is 27.8 Å². The number of hydrogen-bond donors (Lipinski definition) is 1. The summed E-state index contributed by atoms with van der Waals surface area (Å²) in [6.45, 7) is 0. The summed E-state index contributed by atoms with van der Waals surface area (Å²) in [5, 5.41) is 13.3. The molecule has 0 bridgehead atoms. The van der Waals surface area contributed by atoms with Crippen molar-refractivity contribution in [3.8, 4) is 22.8 Å². The van der Waals surface area contributed by atoms with Crippen molar-refractivity contribution in [3.63, 3.8) is 0 Å². The van der Waals surface area contributed by atoms with Crippen LogP contribution in [0, 0.1) is 0 Å². The van der Waals surface area contributed by atoms with Gasteiger partial charge >= 0.3 is 5.97 Å². The zero-order valence-electron chi connectivity index (χ0n) is 11.2.